The molecule has 0 aliphatic rings. The number of hydrogen-bond acceptors (Lipinski definition) is 4. The SMILES string of the molecule is CCc1ccc2c(CN(C[C@H](C)O)c3ccccc3)cc(=O)oc2c1. The molecule has 25 heavy (non-hydrogen) atoms. The third-order valence-corrected chi connectivity index (χ3v) is 4.27. The molecule has 1 atom stereocenters. The van der Waals surface area contributed by atoms with Gasteiger partial charge in [0.15, 0.2) is 0 Å². The number of rotatable bonds is 6. The molecule has 4 heteroatoms. The lowest BCUT2D eigenvalue weighted by Crippen LogP contribution is -2.30. The largest absolute Gasteiger partial charge is 0.423 e. The molecule has 0 aliphatic heterocycles. The van der Waals surface area contributed by atoms with Gasteiger partial charge in [-0.1, -0.05) is 37.3 Å². The van der Waals surface area contributed by atoms with Gasteiger partial charge in [-0.2, -0.15) is 0 Å². The van der Waals surface area contributed by atoms with Crippen molar-refractivity contribution in [2.45, 2.75) is 32.9 Å². The molecule has 0 unspecified atom stereocenters. The van der Waals surface area contributed by atoms with Gasteiger partial charge in [-0.15, -0.1) is 0 Å². The number of anilines is 1. The Kier molecular flexibility index (Phi) is 5.19. The zero-order valence-corrected chi connectivity index (χ0v) is 14.6. The zero-order chi connectivity index (χ0) is 17.8. The Bertz CT molecular complexity index is 900. The average Bonchev–Trinajstić information content (AvgIpc) is 2.60. The van der Waals surface area contributed by atoms with E-state index in [0.717, 1.165) is 28.6 Å². The first-order chi connectivity index (χ1) is 12.1. The molecule has 1 heterocycles. The van der Waals surface area contributed by atoms with E-state index in [0.29, 0.717) is 18.7 Å². The molecular weight excluding hydrogens is 314 g/mol. The van der Waals surface area contributed by atoms with Crippen molar-refractivity contribution in [1.82, 2.24) is 0 Å². The molecule has 0 aliphatic carbocycles. The Labute approximate surface area is 147 Å². The van der Waals surface area contributed by atoms with E-state index < -0.39 is 6.10 Å². The highest BCUT2D eigenvalue weighted by atomic mass is 16.4. The van der Waals surface area contributed by atoms with Gasteiger partial charge in [-0.05, 0) is 42.7 Å². The van der Waals surface area contributed by atoms with Crippen LogP contribution in [0.3, 0.4) is 0 Å². The van der Waals surface area contributed by atoms with Crippen molar-refractivity contribution < 1.29 is 9.52 Å². The Morgan fingerprint density at radius 3 is 2.56 bits per heavy atom. The molecule has 0 spiro atoms. The molecule has 0 radical (unpaired) electrons. The topological polar surface area (TPSA) is 53.7 Å². The molecule has 3 rings (SSSR count). The third kappa shape index (κ3) is 4.09. The third-order valence-electron chi connectivity index (χ3n) is 4.27. The summed E-state index contributed by atoms with van der Waals surface area (Å²) in [5.74, 6) is 0. The molecule has 0 bridgehead atoms. The summed E-state index contributed by atoms with van der Waals surface area (Å²) in [4.78, 5) is 14.1. The van der Waals surface area contributed by atoms with Crippen LogP contribution in [0.5, 0.6) is 0 Å². The first-order valence-electron chi connectivity index (χ1n) is 8.60. The smallest absolute Gasteiger partial charge is 0.336 e. The van der Waals surface area contributed by atoms with Crippen molar-refractivity contribution in [3.63, 3.8) is 0 Å². The maximum Gasteiger partial charge on any atom is 0.336 e. The van der Waals surface area contributed by atoms with Crippen molar-refractivity contribution in [1.29, 1.82) is 0 Å². The maximum atomic E-state index is 12.0. The minimum absolute atomic E-state index is 0.346. The highest BCUT2D eigenvalue weighted by Gasteiger charge is 2.14. The van der Waals surface area contributed by atoms with Crippen molar-refractivity contribution >= 4 is 16.7 Å². The second-order valence-corrected chi connectivity index (χ2v) is 6.34. The highest BCUT2D eigenvalue weighted by Crippen LogP contribution is 2.23. The van der Waals surface area contributed by atoms with Crippen LogP contribution >= 0.6 is 0 Å². The molecule has 2 aromatic carbocycles. The fourth-order valence-electron chi connectivity index (χ4n) is 3.05. The lowest BCUT2D eigenvalue weighted by molar-refractivity contribution is 0.199. The van der Waals surface area contributed by atoms with Crippen molar-refractivity contribution in [3.05, 3.63) is 76.1 Å². The van der Waals surface area contributed by atoms with Gasteiger partial charge < -0.3 is 14.4 Å². The van der Waals surface area contributed by atoms with Crippen LogP contribution in [-0.2, 0) is 13.0 Å². The van der Waals surface area contributed by atoms with Gasteiger partial charge in [0, 0.05) is 30.2 Å². The van der Waals surface area contributed by atoms with E-state index >= 15 is 0 Å². The molecule has 0 saturated carbocycles. The number of aryl methyl sites for hydroxylation is 1. The Morgan fingerprint density at radius 2 is 1.88 bits per heavy atom. The van der Waals surface area contributed by atoms with Crippen LogP contribution in [0, 0.1) is 0 Å². The number of aliphatic hydroxyl groups excluding tert-OH is 1. The molecule has 4 nitrogen and oxygen atoms in total. The maximum absolute atomic E-state index is 12.0. The minimum Gasteiger partial charge on any atom is -0.423 e. The zero-order valence-electron chi connectivity index (χ0n) is 14.6. The van der Waals surface area contributed by atoms with Gasteiger partial charge in [0.2, 0.25) is 0 Å². The number of benzene rings is 2. The summed E-state index contributed by atoms with van der Waals surface area (Å²) >= 11 is 0. The van der Waals surface area contributed by atoms with E-state index in [1.165, 1.54) is 0 Å². The van der Waals surface area contributed by atoms with Gasteiger partial charge in [0.1, 0.15) is 5.58 Å². The lowest BCUT2D eigenvalue weighted by Gasteiger charge is -2.26. The summed E-state index contributed by atoms with van der Waals surface area (Å²) in [6.07, 6.45) is 0.417. The van der Waals surface area contributed by atoms with E-state index in [4.69, 9.17) is 4.42 Å². The van der Waals surface area contributed by atoms with Crippen LogP contribution < -0.4 is 10.5 Å². The van der Waals surface area contributed by atoms with Crippen LogP contribution in [0.1, 0.15) is 25.0 Å². The van der Waals surface area contributed by atoms with Crippen LogP contribution in [0.2, 0.25) is 0 Å². The second-order valence-electron chi connectivity index (χ2n) is 6.34. The highest BCUT2D eigenvalue weighted by molar-refractivity contribution is 5.81. The fourth-order valence-corrected chi connectivity index (χ4v) is 3.05. The molecule has 0 fully saturated rings. The van der Waals surface area contributed by atoms with E-state index in [1.807, 2.05) is 42.5 Å². The van der Waals surface area contributed by atoms with E-state index in [-0.39, 0.29) is 5.63 Å². The first-order valence-corrected chi connectivity index (χ1v) is 8.60. The number of aliphatic hydroxyl groups is 1. The number of para-hydroxylation sites is 1. The normalized spacial score (nSPS) is 12.3. The Morgan fingerprint density at radius 1 is 1.12 bits per heavy atom. The summed E-state index contributed by atoms with van der Waals surface area (Å²) in [5.41, 5.74) is 3.32. The average molecular weight is 337 g/mol. The number of hydrogen-bond donors (Lipinski definition) is 1. The van der Waals surface area contributed by atoms with Crippen LogP contribution in [0.15, 0.2) is 63.8 Å². The molecule has 3 aromatic rings. The summed E-state index contributed by atoms with van der Waals surface area (Å²) in [6, 6.07) is 17.5. The summed E-state index contributed by atoms with van der Waals surface area (Å²) in [5, 5.41) is 10.8. The van der Waals surface area contributed by atoms with Crippen LogP contribution in [-0.4, -0.2) is 17.8 Å². The van der Waals surface area contributed by atoms with Gasteiger partial charge in [0.05, 0.1) is 6.10 Å². The molecule has 130 valence electrons. The lowest BCUT2D eigenvalue weighted by atomic mass is 10.1. The minimum atomic E-state index is -0.474. The van der Waals surface area contributed by atoms with Gasteiger partial charge in [-0.25, -0.2) is 4.79 Å². The Hall–Kier alpha value is -2.59. The molecule has 0 amide bonds. The quantitative estimate of drug-likeness (QED) is 0.696. The van der Waals surface area contributed by atoms with E-state index in [9.17, 15) is 9.90 Å². The van der Waals surface area contributed by atoms with E-state index in [1.54, 1.807) is 13.0 Å². The molecule has 1 N–H and O–H groups in total. The summed E-state index contributed by atoms with van der Waals surface area (Å²) in [7, 11) is 0. The summed E-state index contributed by atoms with van der Waals surface area (Å²) in [6.45, 7) is 4.85. The van der Waals surface area contributed by atoms with Crippen molar-refractivity contribution in [2.24, 2.45) is 0 Å². The summed E-state index contributed by atoms with van der Waals surface area (Å²) < 4.78 is 5.39. The standard InChI is InChI=1S/C21H23NO3/c1-3-16-9-10-19-17(12-21(24)25-20(19)11-16)14-22(13-15(2)23)18-7-5-4-6-8-18/h4-12,15,23H,3,13-14H2,1-2H3/t15-/m0/s1. The van der Waals surface area contributed by atoms with E-state index in [2.05, 4.69) is 17.9 Å². The van der Waals surface area contributed by atoms with Gasteiger partial charge in [-0.3, -0.25) is 0 Å². The predicted octanol–water partition coefficient (Wildman–Crippen LogP) is 3.74. The van der Waals surface area contributed by atoms with Gasteiger partial charge in [0.25, 0.3) is 0 Å². The molecular formula is C21H23NO3. The van der Waals surface area contributed by atoms with Crippen LogP contribution in [0.25, 0.3) is 11.0 Å². The predicted molar refractivity (Wildman–Crippen MR) is 101 cm³/mol. The molecule has 0 saturated heterocycles. The van der Waals surface area contributed by atoms with Crippen LogP contribution in [0.4, 0.5) is 5.69 Å². The number of fused-ring (bicyclic) bond motifs is 1. The van der Waals surface area contributed by atoms with Crippen molar-refractivity contribution in [2.75, 3.05) is 11.4 Å². The Balaban J connectivity index is 2.03. The van der Waals surface area contributed by atoms with Crippen molar-refractivity contribution in [3.8, 4) is 0 Å². The monoisotopic (exact) mass is 337 g/mol. The fraction of sp³-hybridized carbons (Fsp3) is 0.286. The first kappa shape index (κ1) is 17.2. The second kappa shape index (κ2) is 7.53. The molecule has 1 aromatic heterocycles. The van der Waals surface area contributed by atoms with Gasteiger partial charge >= 0.3 is 5.63 Å². The number of nitrogens with zero attached hydrogens (tertiary/aromatic N) is 1.